The molecule has 0 aliphatic carbocycles. The first-order valence-corrected chi connectivity index (χ1v) is 19.1. The van der Waals surface area contributed by atoms with E-state index in [0.29, 0.717) is 16.6 Å². The lowest BCUT2D eigenvalue weighted by Crippen LogP contribution is -2.67. The lowest BCUT2D eigenvalue weighted by atomic mass is 9.86. The van der Waals surface area contributed by atoms with Crippen LogP contribution >= 0.6 is 0 Å². The van der Waals surface area contributed by atoms with Gasteiger partial charge in [0.05, 0.1) is 0 Å². The summed E-state index contributed by atoms with van der Waals surface area (Å²) in [7, 11) is -0.717. The number of carbonyl (C=O) groups excluding carboxylic acids is 3. The Morgan fingerprint density at radius 2 is 1.41 bits per heavy atom. The summed E-state index contributed by atoms with van der Waals surface area (Å²) in [6, 6.07) is 11.6. The maximum absolute atomic E-state index is 15.5. The largest absolute Gasteiger partial charge is 0.505 e. The van der Waals surface area contributed by atoms with Crippen molar-refractivity contribution in [2.45, 2.75) is 116 Å². The number of rotatable bonds is 12. The van der Waals surface area contributed by atoms with Gasteiger partial charge in [-0.15, -0.1) is 5.54 Å². The molecule has 51 heavy (non-hydrogen) atoms. The number of ether oxygens (including phenoxy) is 6. The van der Waals surface area contributed by atoms with Crippen LogP contribution in [0.3, 0.4) is 0 Å². The van der Waals surface area contributed by atoms with Gasteiger partial charge in [-0.2, -0.15) is 0 Å². The highest BCUT2D eigenvalue weighted by Gasteiger charge is 2.61. The predicted octanol–water partition coefficient (Wildman–Crippen LogP) is 6.67. The molecule has 0 aromatic heterocycles. The molecule has 2 aromatic rings. The van der Waals surface area contributed by atoms with Gasteiger partial charge >= 0.3 is 24.1 Å². The maximum Gasteiger partial charge on any atom is 0.505 e. The number of hydrogen-bond acceptors (Lipinski definition) is 10. The van der Waals surface area contributed by atoms with E-state index >= 15 is 4.39 Å². The monoisotopic (exact) mass is 728 g/mol. The van der Waals surface area contributed by atoms with Gasteiger partial charge in [-0.05, 0) is 52.0 Å². The van der Waals surface area contributed by atoms with Crippen LogP contribution in [0.4, 0.5) is 9.18 Å². The minimum Gasteiger partial charge on any atom is -0.455 e. The molecule has 0 bridgehead atoms. The van der Waals surface area contributed by atoms with E-state index in [1.165, 1.54) is 25.3 Å². The number of carbonyl (C=O) groups is 4. The summed E-state index contributed by atoms with van der Waals surface area (Å²) in [6.45, 7) is 16.1. The summed E-state index contributed by atoms with van der Waals surface area (Å²) in [6.07, 6.45) is -7.59. The Morgan fingerprint density at radius 3 is 1.90 bits per heavy atom. The average molecular weight is 729 g/mol. The van der Waals surface area contributed by atoms with Crippen LogP contribution < -0.4 is 0 Å². The van der Waals surface area contributed by atoms with Crippen LogP contribution in [0, 0.1) is 17.3 Å². The van der Waals surface area contributed by atoms with Crippen LogP contribution in [0.2, 0.25) is 16.6 Å². The smallest absolute Gasteiger partial charge is 0.455 e. The van der Waals surface area contributed by atoms with Crippen molar-refractivity contribution in [3.63, 3.8) is 0 Å². The number of hydrogen-bond donors (Lipinski definition) is 1. The first-order valence-electron chi connectivity index (χ1n) is 16.9. The molecule has 1 heterocycles. The Kier molecular flexibility index (Phi) is 14.0. The van der Waals surface area contributed by atoms with Gasteiger partial charge in [-0.1, -0.05) is 65.7 Å². The molecule has 0 spiro atoms. The third-order valence-electron chi connectivity index (χ3n) is 9.35. The zero-order valence-corrected chi connectivity index (χ0v) is 31.9. The molecule has 11 nitrogen and oxygen atoms in total. The summed E-state index contributed by atoms with van der Waals surface area (Å²) < 4.78 is 48.9. The molecular weight excluding hydrogens is 679 g/mol. The first-order chi connectivity index (χ1) is 23.9. The number of benzene rings is 2. The van der Waals surface area contributed by atoms with E-state index in [0.717, 1.165) is 31.9 Å². The Labute approximate surface area is 300 Å². The highest BCUT2D eigenvalue weighted by molar-refractivity contribution is 6.90. The van der Waals surface area contributed by atoms with Crippen LogP contribution in [-0.4, -0.2) is 75.4 Å². The zero-order chi connectivity index (χ0) is 38.3. The number of methoxy groups -OCH3 is 1. The Balaban J connectivity index is 2.10. The molecule has 0 radical (unpaired) electrons. The number of halogens is 1. The van der Waals surface area contributed by atoms with Crippen LogP contribution in [0.15, 0.2) is 42.5 Å². The first kappa shape index (κ1) is 41.2. The summed E-state index contributed by atoms with van der Waals surface area (Å²) in [5, 5.41) is 9.24. The summed E-state index contributed by atoms with van der Waals surface area (Å²) in [4.78, 5) is 48.3. The molecule has 5 atom stereocenters. The molecule has 1 aliphatic heterocycles. The molecule has 1 unspecified atom stereocenters. The second kappa shape index (κ2) is 17.3. The molecule has 13 heteroatoms. The van der Waals surface area contributed by atoms with E-state index in [2.05, 4.69) is 53.0 Å². The summed E-state index contributed by atoms with van der Waals surface area (Å²) in [5.41, 5.74) is 7.18. The Hall–Kier alpha value is -4.25. The number of carboxylic acid groups (broad SMARTS) is 1. The maximum atomic E-state index is 15.5. The summed E-state index contributed by atoms with van der Waals surface area (Å²) >= 11 is 0. The molecule has 0 amide bonds. The SMILES string of the molecule is COC1(c2ccc(F)c(Cc3ccc(C#C[Si](C(C)C)(C(C)C)C(C)C)cc3)c2)O[C@H](COC(=O)O)[C@@H](OC(C)=O)[C@H](OC(C)=O)[C@H]1OC(C)=O. The predicted molar refractivity (Wildman–Crippen MR) is 188 cm³/mol. The van der Waals surface area contributed by atoms with Crippen LogP contribution in [0.25, 0.3) is 0 Å². The van der Waals surface area contributed by atoms with Crippen molar-refractivity contribution in [3.05, 3.63) is 70.5 Å². The van der Waals surface area contributed by atoms with Crippen molar-refractivity contribution in [2.75, 3.05) is 13.7 Å². The normalized spacial score (nSPS) is 21.8. The van der Waals surface area contributed by atoms with Gasteiger partial charge in [0.2, 0.25) is 11.9 Å². The average Bonchev–Trinajstić information content (AvgIpc) is 3.03. The molecule has 1 N–H and O–H groups in total. The van der Waals surface area contributed by atoms with Gasteiger partial charge in [0.15, 0.2) is 12.2 Å². The van der Waals surface area contributed by atoms with Gasteiger partial charge < -0.3 is 33.5 Å². The highest BCUT2D eigenvalue weighted by atomic mass is 28.3. The van der Waals surface area contributed by atoms with Crippen molar-refractivity contribution < 1.29 is 57.1 Å². The number of esters is 3. The van der Waals surface area contributed by atoms with Crippen LogP contribution in [0.1, 0.15) is 84.6 Å². The fraction of sp³-hybridized carbons (Fsp3) is 0.526. The van der Waals surface area contributed by atoms with Crippen molar-refractivity contribution >= 4 is 32.1 Å². The lowest BCUT2D eigenvalue weighted by Gasteiger charge is -2.50. The van der Waals surface area contributed by atoms with Crippen LogP contribution in [0.5, 0.6) is 0 Å². The van der Waals surface area contributed by atoms with E-state index in [1.54, 1.807) is 0 Å². The molecule has 1 saturated heterocycles. The third-order valence-corrected chi connectivity index (χ3v) is 15.6. The molecule has 278 valence electrons. The zero-order valence-electron chi connectivity index (χ0n) is 30.9. The van der Waals surface area contributed by atoms with Gasteiger partial charge in [0.25, 0.3) is 0 Å². The van der Waals surface area contributed by atoms with Gasteiger partial charge in [0, 0.05) is 45.4 Å². The minimum absolute atomic E-state index is 0.142. The van der Waals surface area contributed by atoms with Crippen molar-refractivity contribution in [1.29, 1.82) is 0 Å². The second-order valence-corrected chi connectivity index (χ2v) is 19.2. The van der Waals surface area contributed by atoms with E-state index < -0.39 is 74.8 Å². The van der Waals surface area contributed by atoms with E-state index in [9.17, 15) is 24.3 Å². The Morgan fingerprint density at radius 1 is 0.863 bits per heavy atom. The molecule has 1 fully saturated rings. The highest BCUT2D eigenvalue weighted by Crippen LogP contribution is 2.44. The van der Waals surface area contributed by atoms with Gasteiger partial charge in [-0.25, -0.2) is 9.18 Å². The van der Waals surface area contributed by atoms with Crippen LogP contribution in [-0.2, 0) is 55.0 Å². The molecule has 2 aromatic carbocycles. The van der Waals surface area contributed by atoms with Gasteiger partial charge in [-0.3, -0.25) is 14.4 Å². The molecule has 1 aliphatic rings. The molecule has 3 rings (SSSR count). The molecular formula is C38H49FO11Si. The van der Waals surface area contributed by atoms with E-state index in [-0.39, 0.29) is 17.5 Å². The topological polar surface area (TPSA) is 144 Å². The fourth-order valence-electron chi connectivity index (χ4n) is 7.20. The Bertz CT molecular complexity index is 1610. The van der Waals surface area contributed by atoms with E-state index in [1.807, 2.05) is 24.3 Å². The van der Waals surface area contributed by atoms with Crippen molar-refractivity contribution in [1.82, 2.24) is 0 Å². The molecule has 0 saturated carbocycles. The van der Waals surface area contributed by atoms with E-state index in [4.69, 9.17) is 28.4 Å². The quantitative estimate of drug-likeness (QED) is 0.108. The minimum atomic E-state index is -2.11. The second-order valence-electron chi connectivity index (χ2n) is 13.6. The van der Waals surface area contributed by atoms with Gasteiger partial charge in [0.1, 0.15) is 26.6 Å². The fourth-order valence-corrected chi connectivity index (χ4v) is 12.4. The third kappa shape index (κ3) is 9.55. The standard InChI is InChI=1S/C38H49FO11Si/c1-22(2)51(23(3)4,24(5)6)18-17-28-11-13-29(14-12-28)19-30-20-31(15-16-32(30)39)38(45-10)36(49-27(9)42)35(48-26(8)41)34(47-25(7)40)33(50-38)21-46-37(43)44/h11-16,20,22-24,33-36H,19,21H2,1-10H3,(H,43,44)/t33-,34-,35+,36-,38?/m1/s1. The van der Waals surface area contributed by atoms with Crippen molar-refractivity contribution in [2.24, 2.45) is 0 Å². The van der Waals surface area contributed by atoms with Crippen molar-refractivity contribution in [3.8, 4) is 11.5 Å². The lowest BCUT2D eigenvalue weighted by molar-refractivity contribution is -0.367. The summed E-state index contributed by atoms with van der Waals surface area (Å²) in [5.74, 6) is -1.73.